The molecule has 0 heterocycles. The van der Waals surface area contributed by atoms with E-state index in [-0.39, 0.29) is 12.5 Å². The molecule has 0 saturated heterocycles. The highest BCUT2D eigenvalue weighted by Crippen LogP contribution is 2.39. The first-order chi connectivity index (χ1) is 10.9. The quantitative estimate of drug-likeness (QED) is 0.770. The standard InChI is InChI=1S/C16H17ClN2O4/c1-16(10-18,11-6-7-11)19-14(20)8-23-15(21)9-22-13-5-3-2-4-12(13)17/h2-5,11H,6-9H2,1H3,(H,19,20)/t16-/m1/s1. The fourth-order valence-electron chi connectivity index (χ4n) is 2.09. The van der Waals surface area contributed by atoms with Gasteiger partial charge in [-0.15, -0.1) is 0 Å². The topological polar surface area (TPSA) is 88.4 Å². The summed E-state index contributed by atoms with van der Waals surface area (Å²) in [4.78, 5) is 23.4. The fraction of sp³-hybridized carbons (Fsp3) is 0.438. The van der Waals surface area contributed by atoms with Gasteiger partial charge in [0.1, 0.15) is 11.3 Å². The number of hydrogen-bond donors (Lipinski definition) is 1. The van der Waals surface area contributed by atoms with Crippen LogP contribution >= 0.6 is 11.6 Å². The number of halogens is 1. The van der Waals surface area contributed by atoms with Crippen molar-refractivity contribution in [3.63, 3.8) is 0 Å². The number of nitrogens with zero attached hydrogens (tertiary/aromatic N) is 1. The van der Waals surface area contributed by atoms with Crippen molar-refractivity contribution < 1.29 is 19.1 Å². The third kappa shape index (κ3) is 4.86. The summed E-state index contributed by atoms with van der Waals surface area (Å²) in [7, 11) is 0. The Morgan fingerprint density at radius 3 is 2.70 bits per heavy atom. The molecule has 1 aromatic carbocycles. The number of ether oxygens (including phenoxy) is 2. The van der Waals surface area contributed by atoms with E-state index in [1.807, 2.05) is 0 Å². The molecule has 7 heteroatoms. The molecule has 1 aromatic rings. The lowest BCUT2D eigenvalue weighted by Crippen LogP contribution is -2.48. The van der Waals surface area contributed by atoms with Gasteiger partial charge in [0.15, 0.2) is 13.2 Å². The molecule has 23 heavy (non-hydrogen) atoms. The van der Waals surface area contributed by atoms with Crippen LogP contribution in [0.5, 0.6) is 5.75 Å². The van der Waals surface area contributed by atoms with Crippen LogP contribution in [0.15, 0.2) is 24.3 Å². The van der Waals surface area contributed by atoms with Crippen molar-refractivity contribution in [1.29, 1.82) is 5.26 Å². The average molecular weight is 337 g/mol. The Hall–Kier alpha value is -2.26. The van der Waals surface area contributed by atoms with E-state index in [1.165, 1.54) is 0 Å². The molecule has 122 valence electrons. The van der Waals surface area contributed by atoms with Gasteiger partial charge in [0.25, 0.3) is 5.91 Å². The minimum Gasteiger partial charge on any atom is -0.480 e. The molecule has 0 unspecified atom stereocenters. The lowest BCUT2D eigenvalue weighted by atomic mass is 9.98. The number of nitriles is 1. The Kier molecular flexibility index (Phi) is 5.45. The van der Waals surface area contributed by atoms with Crippen LogP contribution in [0, 0.1) is 17.2 Å². The van der Waals surface area contributed by atoms with Gasteiger partial charge >= 0.3 is 5.97 Å². The van der Waals surface area contributed by atoms with Crippen molar-refractivity contribution in [3.05, 3.63) is 29.3 Å². The van der Waals surface area contributed by atoms with Crippen molar-refractivity contribution in [2.45, 2.75) is 25.3 Å². The zero-order valence-corrected chi connectivity index (χ0v) is 13.4. The van der Waals surface area contributed by atoms with Gasteiger partial charge in [0.2, 0.25) is 0 Å². The van der Waals surface area contributed by atoms with Gasteiger partial charge in [-0.1, -0.05) is 23.7 Å². The number of esters is 1. The molecular weight excluding hydrogens is 320 g/mol. The predicted molar refractivity (Wildman–Crippen MR) is 82.8 cm³/mol. The minimum atomic E-state index is -0.905. The maximum absolute atomic E-state index is 11.8. The summed E-state index contributed by atoms with van der Waals surface area (Å²) in [6.45, 7) is 0.870. The third-order valence-corrected chi connectivity index (χ3v) is 3.88. The van der Waals surface area contributed by atoms with E-state index >= 15 is 0 Å². The molecule has 2 rings (SSSR count). The van der Waals surface area contributed by atoms with Crippen molar-refractivity contribution in [2.24, 2.45) is 5.92 Å². The van der Waals surface area contributed by atoms with Crippen LogP contribution in [0.3, 0.4) is 0 Å². The van der Waals surface area contributed by atoms with Crippen molar-refractivity contribution in [2.75, 3.05) is 13.2 Å². The molecule has 1 saturated carbocycles. The lowest BCUT2D eigenvalue weighted by molar-refractivity contribution is -0.150. The van der Waals surface area contributed by atoms with Gasteiger partial charge < -0.3 is 14.8 Å². The maximum Gasteiger partial charge on any atom is 0.344 e. The highest BCUT2D eigenvalue weighted by Gasteiger charge is 2.43. The summed E-state index contributed by atoms with van der Waals surface area (Å²) in [5.74, 6) is -0.672. The Morgan fingerprint density at radius 2 is 2.09 bits per heavy atom. The highest BCUT2D eigenvalue weighted by molar-refractivity contribution is 6.32. The molecule has 1 aliphatic carbocycles. The summed E-state index contributed by atoms with van der Waals surface area (Å²) in [5.41, 5.74) is -0.905. The first-order valence-electron chi connectivity index (χ1n) is 7.20. The highest BCUT2D eigenvalue weighted by atomic mass is 35.5. The van der Waals surface area contributed by atoms with Crippen molar-refractivity contribution >= 4 is 23.5 Å². The van der Waals surface area contributed by atoms with Crippen LogP contribution < -0.4 is 10.1 Å². The van der Waals surface area contributed by atoms with E-state index in [4.69, 9.17) is 26.3 Å². The number of carbonyl (C=O) groups excluding carboxylic acids is 2. The number of nitrogens with one attached hydrogen (secondary N) is 1. The van der Waals surface area contributed by atoms with Crippen LogP contribution in [0.25, 0.3) is 0 Å². The summed E-state index contributed by atoms with van der Waals surface area (Å²) >= 11 is 5.89. The van der Waals surface area contributed by atoms with Crippen LogP contribution in [0.1, 0.15) is 19.8 Å². The smallest absolute Gasteiger partial charge is 0.344 e. The van der Waals surface area contributed by atoms with Gasteiger partial charge in [-0.25, -0.2) is 4.79 Å². The summed E-state index contributed by atoms with van der Waals surface area (Å²) in [6, 6.07) is 8.82. The monoisotopic (exact) mass is 336 g/mol. The number of para-hydroxylation sites is 1. The van der Waals surface area contributed by atoms with Crippen LogP contribution in [-0.2, 0) is 14.3 Å². The summed E-state index contributed by atoms with van der Waals surface area (Å²) in [5, 5.41) is 12.1. The molecule has 1 N–H and O–H groups in total. The van der Waals surface area contributed by atoms with Gasteiger partial charge in [-0.05, 0) is 37.8 Å². The van der Waals surface area contributed by atoms with Crippen molar-refractivity contribution in [3.8, 4) is 11.8 Å². The average Bonchev–Trinajstić information content (AvgIpc) is 3.37. The Morgan fingerprint density at radius 1 is 1.39 bits per heavy atom. The molecule has 1 fully saturated rings. The van der Waals surface area contributed by atoms with E-state index in [2.05, 4.69) is 11.4 Å². The van der Waals surface area contributed by atoms with E-state index < -0.39 is 24.0 Å². The maximum atomic E-state index is 11.8. The molecule has 1 aliphatic rings. The molecular formula is C16H17ClN2O4. The van der Waals surface area contributed by atoms with Gasteiger partial charge in [-0.2, -0.15) is 5.26 Å². The molecule has 0 radical (unpaired) electrons. The summed E-state index contributed by atoms with van der Waals surface area (Å²) in [6.07, 6.45) is 1.83. The molecule has 0 bridgehead atoms. The molecule has 0 spiro atoms. The molecule has 6 nitrogen and oxygen atoms in total. The van der Waals surface area contributed by atoms with Crippen LogP contribution in [-0.4, -0.2) is 30.6 Å². The molecule has 0 aromatic heterocycles. The number of benzene rings is 1. The third-order valence-electron chi connectivity index (χ3n) is 3.57. The zero-order valence-electron chi connectivity index (χ0n) is 12.7. The lowest BCUT2D eigenvalue weighted by Gasteiger charge is -2.22. The minimum absolute atomic E-state index is 0.163. The van der Waals surface area contributed by atoms with Gasteiger partial charge in [0, 0.05) is 0 Å². The van der Waals surface area contributed by atoms with Crippen molar-refractivity contribution in [1.82, 2.24) is 5.32 Å². The normalized spacial score (nSPS) is 15.9. The zero-order chi connectivity index (χ0) is 16.9. The molecule has 1 atom stereocenters. The predicted octanol–water partition coefficient (Wildman–Crippen LogP) is 2.07. The SMILES string of the molecule is C[C@](C#N)(NC(=O)COC(=O)COc1ccccc1Cl)C1CC1. The Bertz CT molecular complexity index is 639. The Labute approximate surface area is 139 Å². The number of hydrogen-bond acceptors (Lipinski definition) is 5. The number of rotatable bonds is 7. The van der Waals surface area contributed by atoms with Crippen LogP contribution in [0.4, 0.5) is 0 Å². The largest absolute Gasteiger partial charge is 0.480 e. The Balaban J connectivity index is 1.73. The molecule has 1 amide bonds. The second-order valence-corrected chi connectivity index (χ2v) is 5.92. The van der Waals surface area contributed by atoms with E-state index in [0.29, 0.717) is 10.8 Å². The first kappa shape index (κ1) is 17.1. The van der Waals surface area contributed by atoms with Gasteiger partial charge in [-0.3, -0.25) is 4.79 Å². The second kappa shape index (κ2) is 7.34. The summed E-state index contributed by atoms with van der Waals surface area (Å²) < 4.78 is 10.0. The number of amides is 1. The number of carbonyl (C=O) groups is 2. The van der Waals surface area contributed by atoms with E-state index in [0.717, 1.165) is 12.8 Å². The first-order valence-corrected chi connectivity index (χ1v) is 7.57. The van der Waals surface area contributed by atoms with Gasteiger partial charge in [0.05, 0.1) is 11.1 Å². The molecule has 0 aliphatic heterocycles. The second-order valence-electron chi connectivity index (χ2n) is 5.52. The van der Waals surface area contributed by atoms with E-state index in [9.17, 15) is 9.59 Å². The fourth-order valence-corrected chi connectivity index (χ4v) is 2.28. The van der Waals surface area contributed by atoms with Crippen LogP contribution in [0.2, 0.25) is 5.02 Å². The van der Waals surface area contributed by atoms with E-state index in [1.54, 1.807) is 31.2 Å².